The zero-order chi connectivity index (χ0) is 12.5. The summed E-state index contributed by atoms with van der Waals surface area (Å²) in [5.41, 5.74) is 3.16. The standard InChI is InChI=1S/C14H16N2O2/c17-14(18)11-7-15-9-16(8-11)13-6-5-10-3-1-2-4-12(10)13/h1-4,8,13,15H,5-7,9H2,(H,17,18). The third kappa shape index (κ3) is 1.88. The number of nitrogens with zero attached hydrogens (tertiary/aromatic N) is 1. The summed E-state index contributed by atoms with van der Waals surface area (Å²) in [6.45, 7) is 1.16. The van der Waals surface area contributed by atoms with Crippen LogP contribution < -0.4 is 5.32 Å². The van der Waals surface area contributed by atoms with Gasteiger partial charge in [0.15, 0.2) is 0 Å². The summed E-state index contributed by atoms with van der Waals surface area (Å²) in [5.74, 6) is -0.835. The van der Waals surface area contributed by atoms with E-state index in [2.05, 4.69) is 34.5 Å². The summed E-state index contributed by atoms with van der Waals surface area (Å²) in [5, 5.41) is 12.2. The second kappa shape index (κ2) is 4.46. The lowest BCUT2D eigenvalue weighted by Crippen LogP contribution is -2.39. The number of carboxylic acids is 1. The van der Waals surface area contributed by atoms with Crippen LogP contribution in [0.15, 0.2) is 36.0 Å². The Bertz CT molecular complexity index is 510. The second-order valence-electron chi connectivity index (χ2n) is 4.81. The van der Waals surface area contributed by atoms with Crippen LogP contribution in [-0.4, -0.2) is 29.2 Å². The van der Waals surface area contributed by atoms with Gasteiger partial charge in [0.05, 0.1) is 18.3 Å². The van der Waals surface area contributed by atoms with Crippen LogP contribution in [0, 0.1) is 0 Å². The van der Waals surface area contributed by atoms with Crippen molar-refractivity contribution in [2.45, 2.75) is 18.9 Å². The van der Waals surface area contributed by atoms with Gasteiger partial charge in [-0.15, -0.1) is 0 Å². The van der Waals surface area contributed by atoms with E-state index in [4.69, 9.17) is 5.11 Å². The number of carbonyl (C=O) groups is 1. The minimum Gasteiger partial charge on any atom is -0.478 e. The lowest BCUT2D eigenvalue weighted by atomic mass is 10.1. The molecule has 1 aromatic carbocycles. The van der Waals surface area contributed by atoms with Crippen molar-refractivity contribution in [2.24, 2.45) is 0 Å². The highest BCUT2D eigenvalue weighted by Crippen LogP contribution is 2.36. The molecule has 0 aromatic heterocycles. The Morgan fingerprint density at radius 1 is 1.39 bits per heavy atom. The monoisotopic (exact) mass is 244 g/mol. The van der Waals surface area contributed by atoms with E-state index in [-0.39, 0.29) is 0 Å². The van der Waals surface area contributed by atoms with E-state index in [1.807, 2.05) is 0 Å². The molecule has 18 heavy (non-hydrogen) atoms. The van der Waals surface area contributed by atoms with Gasteiger partial charge in [-0.2, -0.15) is 0 Å². The highest BCUT2D eigenvalue weighted by molar-refractivity contribution is 5.87. The Morgan fingerprint density at radius 3 is 3.06 bits per heavy atom. The van der Waals surface area contributed by atoms with E-state index in [9.17, 15) is 4.79 Å². The Morgan fingerprint density at radius 2 is 2.22 bits per heavy atom. The number of aliphatic carboxylic acids is 1. The van der Waals surface area contributed by atoms with Crippen molar-refractivity contribution >= 4 is 5.97 Å². The summed E-state index contributed by atoms with van der Waals surface area (Å²) < 4.78 is 0. The molecule has 2 aliphatic rings. The fourth-order valence-electron chi connectivity index (χ4n) is 2.82. The number of aryl methyl sites for hydroxylation is 1. The third-order valence-corrected chi connectivity index (χ3v) is 3.71. The van der Waals surface area contributed by atoms with Crippen LogP contribution in [0.3, 0.4) is 0 Å². The molecule has 0 saturated carbocycles. The first-order chi connectivity index (χ1) is 8.75. The second-order valence-corrected chi connectivity index (χ2v) is 4.81. The van der Waals surface area contributed by atoms with Crippen molar-refractivity contribution in [1.29, 1.82) is 0 Å². The normalized spacial score (nSPS) is 22.6. The fourth-order valence-corrected chi connectivity index (χ4v) is 2.82. The Labute approximate surface area is 106 Å². The van der Waals surface area contributed by atoms with Gasteiger partial charge in [0, 0.05) is 12.7 Å². The zero-order valence-corrected chi connectivity index (χ0v) is 10.1. The number of fused-ring (bicyclic) bond motifs is 1. The molecule has 0 bridgehead atoms. The molecular formula is C14H16N2O2. The average Bonchev–Trinajstić information content (AvgIpc) is 2.82. The maximum absolute atomic E-state index is 11.0. The van der Waals surface area contributed by atoms with E-state index in [1.165, 1.54) is 11.1 Å². The number of rotatable bonds is 2. The summed E-state index contributed by atoms with van der Waals surface area (Å²) >= 11 is 0. The van der Waals surface area contributed by atoms with Crippen molar-refractivity contribution in [3.63, 3.8) is 0 Å². The van der Waals surface area contributed by atoms with Crippen molar-refractivity contribution in [3.8, 4) is 0 Å². The van der Waals surface area contributed by atoms with Crippen LogP contribution in [0.25, 0.3) is 0 Å². The van der Waals surface area contributed by atoms with Gasteiger partial charge in [-0.25, -0.2) is 4.79 Å². The molecule has 94 valence electrons. The molecule has 1 heterocycles. The first-order valence-corrected chi connectivity index (χ1v) is 6.24. The molecule has 3 rings (SSSR count). The lowest BCUT2D eigenvalue weighted by molar-refractivity contribution is -0.132. The van der Waals surface area contributed by atoms with E-state index in [1.54, 1.807) is 6.20 Å². The highest BCUT2D eigenvalue weighted by Gasteiger charge is 2.28. The molecule has 0 amide bonds. The molecule has 1 atom stereocenters. The van der Waals surface area contributed by atoms with Crippen LogP contribution >= 0.6 is 0 Å². The molecule has 2 N–H and O–H groups in total. The summed E-state index contributed by atoms with van der Waals surface area (Å²) in [6, 6.07) is 8.73. The average molecular weight is 244 g/mol. The van der Waals surface area contributed by atoms with Gasteiger partial charge in [-0.05, 0) is 24.0 Å². The first kappa shape index (κ1) is 11.3. The lowest BCUT2D eigenvalue weighted by Gasteiger charge is -2.32. The highest BCUT2D eigenvalue weighted by atomic mass is 16.4. The molecule has 1 aromatic rings. The van der Waals surface area contributed by atoms with E-state index in [0.29, 0.717) is 18.2 Å². The minimum absolute atomic E-state index is 0.309. The van der Waals surface area contributed by atoms with Crippen LogP contribution in [0.2, 0.25) is 0 Å². The molecular weight excluding hydrogens is 228 g/mol. The van der Waals surface area contributed by atoms with Gasteiger partial charge in [-0.1, -0.05) is 24.3 Å². The molecule has 0 saturated heterocycles. The third-order valence-electron chi connectivity index (χ3n) is 3.71. The van der Waals surface area contributed by atoms with Crippen molar-refractivity contribution in [2.75, 3.05) is 13.2 Å². The van der Waals surface area contributed by atoms with Crippen LogP contribution in [0.5, 0.6) is 0 Å². The molecule has 0 fully saturated rings. The number of hydrogen-bond donors (Lipinski definition) is 2. The molecule has 1 unspecified atom stereocenters. The maximum atomic E-state index is 11.0. The largest absolute Gasteiger partial charge is 0.478 e. The molecule has 0 spiro atoms. The van der Waals surface area contributed by atoms with Gasteiger partial charge >= 0.3 is 5.97 Å². The first-order valence-electron chi connectivity index (χ1n) is 6.24. The van der Waals surface area contributed by atoms with Gasteiger partial charge in [-0.3, -0.25) is 5.32 Å². The number of hydrogen-bond acceptors (Lipinski definition) is 3. The Balaban J connectivity index is 1.89. The quantitative estimate of drug-likeness (QED) is 0.828. The number of carboxylic acid groups (broad SMARTS) is 1. The fraction of sp³-hybridized carbons (Fsp3) is 0.357. The number of benzene rings is 1. The summed E-state index contributed by atoms with van der Waals surface area (Å²) in [7, 11) is 0. The smallest absolute Gasteiger partial charge is 0.334 e. The predicted octanol–water partition coefficient (Wildman–Crippen LogP) is 1.51. The van der Waals surface area contributed by atoms with Gasteiger partial charge in [0.2, 0.25) is 0 Å². The Hall–Kier alpha value is -1.81. The van der Waals surface area contributed by atoms with Crippen molar-refractivity contribution < 1.29 is 9.90 Å². The molecule has 4 heteroatoms. The van der Waals surface area contributed by atoms with E-state index in [0.717, 1.165) is 19.5 Å². The SMILES string of the molecule is O=C(O)C1=CN(C2CCc3ccccc32)CNC1. The van der Waals surface area contributed by atoms with Crippen molar-refractivity contribution in [3.05, 3.63) is 47.2 Å². The molecule has 0 radical (unpaired) electrons. The minimum atomic E-state index is -0.835. The predicted molar refractivity (Wildman–Crippen MR) is 67.9 cm³/mol. The zero-order valence-electron chi connectivity index (χ0n) is 10.1. The van der Waals surface area contributed by atoms with Crippen LogP contribution in [0.4, 0.5) is 0 Å². The van der Waals surface area contributed by atoms with Gasteiger partial charge in [0.1, 0.15) is 0 Å². The topological polar surface area (TPSA) is 52.6 Å². The van der Waals surface area contributed by atoms with E-state index >= 15 is 0 Å². The van der Waals surface area contributed by atoms with Crippen LogP contribution in [0.1, 0.15) is 23.6 Å². The van der Waals surface area contributed by atoms with Gasteiger partial charge < -0.3 is 10.0 Å². The summed E-state index contributed by atoms with van der Waals surface area (Å²) in [4.78, 5) is 13.1. The Kier molecular flexibility index (Phi) is 2.80. The maximum Gasteiger partial charge on any atom is 0.334 e. The van der Waals surface area contributed by atoms with Crippen LogP contribution in [-0.2, 0) is 11.2 Å². The van der Waals surface area contributed by atoms with E-state index < -0.39 is 5.97 Å². The van der Waals surface area contributed by atoms with Crippen molar-refractivity contribution in [1.82, 2.24) is 10.2 Å². The molecule has 4 nitrogen and oxygen atoms in total. The molecule has 1 aliphatic carbocycles. The number of nitrogens with one attached hydrogen (secondary N) is 1. The molecule has 1 aliphatic heterocycles. The summed E-state index contributed by atoms with van der Waals surface area (Å²) in [6.07, 6.45) is 3.93. The van der Waals surface area contributed by atoms with Gasteiger partial charge in [0.25, 0.3) is 0 Å².